The molecule has 0 unspecified atom stereocenters. The maximum atomic E-state index is 5.25. The van der Waals surface area contributed by atoms with E-state index in [2.05, 4.69) is 46.9 Å². The minimum Gasteiger partial charge on any atom is -0.497 e. The van der Waals surface area contributed by atoms with E-state index < -0.39 is 0 Å². The predicted octanol–water partition coefficient (Wildman–Crippen LogP) is 4.69. The summed E-state index contributed by atoms with van der Waals surface area (Å²) in [5, 5.41) is 10.5. The van der Waals surface area contributed by atoms with Gasteiger partial charge in [-0.3, -0.25) is 0 Å². The number of methoxy groups -OCH3 is 1. The van der Waals surface area contributed by atoms with Crippen molar-refractivity contribution >= 4 is 17.8 Å². The lowest BCUT2D eigenvalue weighted by atomic mass is 9.53. The number of ether oxygens (including phenoxy) is 1. The smallest absolute Gasteiger partial charge is 0.229 e. The van der Waals surface area contributed by atoms with Gasteiger partial charge in [-0.05, 0) is 87.8 Å². The first-order valence-corrected chi connectivity index (χ1v) is 11.7. The van der Waals surface area contributed by atoms with E-state index in [4.69, 9.17) is 14.7 Å². The Morgan fingerprint density at radius 1 is 0.903 bits per heavy atom. The second-order valence-electron chi connectivity index (χ2n) is 10.1. The summed E-state index contributed by atoms with van der Waals surface area (Å²) < 4.78 is 5.25. The van der Waals surface area contributed by atoms with Gasteiger partial charge >= 0.3 is 0 Å². The largest absolute Gasteiger partial charge is 0.497 e. The first kappa shape index (κ1) is 20.3. The number of rotatable bonds is 8. The molecule has 7 nitrogen and oxygen atoms in total. The minimum atomic E-state index is 0.165. The number of anilines is 3. The van der Waals surface area contributed by atoms with Crippen LogP contribution in [0.3, 0.4) is 0 Å². The molecule has 6 rings (SSSR count). The van der Waals surface area contributed by atoms with Crippen LogP contribution < -0.4 is 20.7 Å². The molecule has 4 aliphatic rings. The van der Waals surface area contributed by atoms with Crippen molar-refractivity contribution < 1.29 is 4.74 Å². The molecule has 4 aliphatic carbocycles. The van der Waals surface area contributed by atoms with Gasteiger partial charge in [-0.25, -0.2) is 0 Å². The van der Waals surface area contributed by atoms with Crippen LogP contribution >= 0.6 is 0 Å². The van der Waals surface area contributed by atoms with Crippen molar-refractivity contribution in [2.24, 2.45) is 17.8 Å². The number of hydrogen-bond acceptors (Lipinski definition) is 7. The van der Waals surface area contributed by atoms with Gasteiger partial charge in [0, 0.05) is 18.1 Å². The highest BCUT2D eigenvalue weighted by atomic mass is 16.5. The third-order valence-corrected chi connectivity index (χ3v) is 7.08. The van der Waals surface area contributed by atoms with Gasteiger partial charge in [0.05, 0.1) is 7.11 Å². The normalized spacial score (nSPS) is 28.6. The van der Waals surface area contributed by atoms with Crippen LogP contribution in [-0.2, 0) is 6.54 Å². The summed E-state index contributed by atoms with van der Waals surface area (Å²) in [5.41, 5.74) is 1.31. The van der Waals surface area contributed by atoms with Crippen molar-refractivity contribution in [3.8, 4) is 5.75 Å². The number of nitrogens with one attached hydrogen (secondary N) is 3. The van der Waals surface area contributed by atoms with Crippen molar-refractivity contribution in [1.29, 1.82) is 0 Å². The molecule has 0 spiro atoms. The van der Waals surface area contributed by atoms with Gasteiger partial charge in [-0.15, -0.1) is 0 Å². The van der Waals surface area contributed by atoms with Gasteiger partial charge in [0.2, 0.25) is 17.8 Å². The van der Waals surface area contributed by atoms with E-state index in [1.807, 2.05) is 12.1 Å². The second-order valence-corrected chi connectivity index (χ2v) is 10.1. The van der Waals surface area contributed by atoms with Crippen LogP contribution in [0.5, 0.6) is 5.75 Å². The fourth-order valence-corrected chi connectivity index (χ4v) is 6.26. The van der Waals surface area contributed by atoms with Gasteiger partial charge in [-0.1, -0.05) is 12.1 Å². The summed E-state index contributed by atoms with van der Waals surface area (Å²) in [6, 6.07) is 8.29. The van der Waals surface area contributed by atoms with Gasteiger partial charge in [0.25, 0.3) is 0 Å². The van der Waals surface area contributed by atoms with E-state index in [1.165, 1.54) is 38.5 Å². The topological polar surface area (TPSA) is 84.0 Å². The molecular weight excluding hydrogens is 388 g/mol. The summed E-state index contributed by atoms with van der Waals surface area (Å²) in [6.45, 7) is 4.84. The Balaban J connectivity index is 1.34. The molecule has 4 saturated carbocycles. The van der Waals surface area contributed by atoms with Gasteiger partial charge in [0.15, 0.2) is 0 Å². The molecule has 0 atom stereocenters. The molecule has 1 heterocycles. The molecule has 4 fully saturated rings. The van der Waals surface area contributed by atoms with E-state index in [-0.39, 0.29) is 11.6 Å². The number of aromatic nitrogens is 3. The lowest BCUT2D eigenvalue weighted by molar-refractivity contribution is 0.0103. The second kappa shape index (κ2) is 8.17. The fraction of sp³-hybridized carbons (Fsp3) is 0.625. The zero-order valence-corrected chi connectivity index (χ0v) is 18.8. The minimum absolute atomic E-state index is 0.165. The molecule has 3 N–H and O–H groups in total. The van der Waals surface area contributed by atoms with Crippen LogP contribution in [-0.4, -0.2) is 33.6 Å². The summed E-state index contributed by atoms with van der Waals surface area (Å²) in [7, 11) is 1.68. The maximum absolute atomic E-state index is 5.25. The first-order valence-electron chi connectivity index (χ1n) is 11.7. The van der Waals surface area contributed by atoms with Crippen LogP contribution in [0.4, 0.5) is 17.8 Å². The fourth-order valence-electron chi connectivity index (χ4n) is 6.26. The lowest BCUT2D eigenvalue weighted by Crippen LogP contribution is -2.55. The zero-order chi connectivity index (χ0) is 21.4. The van der Waals surface area contributed by atoms with Crippen molar-refractivity contribution in [1.82, 2.24) is 15.0 Å². The molecule has 0 amide bonds. The molecule has 31 heavy (non-hydrogen) atoms. The van der Waals surface area contributed by atoms with Crippen molar-refractivity contribution in [3.63, 3.8) is 0 Å². The Hall–Kier alpha value is -2.57. The highest BCUT2D eigenvalue weighted by Crippen LogP contribution is 2.56. The molecule has 1 aromatic heterocycles. The van der Waals surface area contributed by atoms with Crippen LogP contribution in [0.2, 0.25) is 0 Å². The molecule has 7 heteroatoms. The van der Waals surface area contributed by atoms with Gasteiger partial charge in [-0.2, -0.15) is 15.0 Å². The monoisotopic (exact) mass is 422 g/mol. The van der Waals surface area contributed by atoms with Crippen molar-refractivity contribution in [2.45, 2.75) is 70.5 Å². The number of benzene rings is 1. The Labute approximate surface area is 184 Å². The van der Waals surface area contributed by atoms with Gasteiger partial charge in [0.1, 0.15) is 5.75 Å². The number of hydrogen-bond donors (Lipinski definition) is 3. The summed E-state index contributed by atoms with van der Waals surface area (Å²) in [4.78, 5) is 14.1. The lowest BCUT2D eigenvalue weighted by Gasteiger charge is -2.56. The molecule has 166 valence electrons. The maximum Gasteiger partial charge on any atom is 0.229 e. The quantitative estimate of drug-likeness (QED) is 0.569. The zero-order valence-electron chi connectivity index (χ0n) is 18.8. The molecule has 0 radical (unpaired) electrons. The van der Waals surface area contributed by atoms with Crippen LogP contribution in [0.15, 0.2) is 24.3 Å². The Bertz CT molecular complexity index is 878. The van der Waals surface area contributed by atoms with E-state index in [9.17, 15) is 0 Å². The molecule has 0 aliphatic heterocycles. The van der Waals surface area contributed by atoms with E-state index in [0.29, 0.717) is 24.4 Å². The van der Waals surface area contributed by atoms with E-state index in [1.54, 1.807) is 7.11 Å². The van der Waals surface area contributed by atoms with Crippen LogP contribution in [0.1, 0.15) is 57.9 Å². The Morgan fingerprint density at radius 3 is 2.06 bits per heavy atom. The molecule has 2 aromatic rings. The van der Waals surface area contributed by atoms with Crippen molar-refractivity contribution in [2.75, 3.05) is 23.1 Å². The molecule has 0 saturated heterocycles. The predicted molar refractivity (Wildman–Crippen MR) is 123 cm³/mol. The first-order chi connectivity index (χ1) is 15.0. The number of nitrogens with zero attached hydrogens (tertiary/aromatic N) is 3. The summed E-state index contributed by atoms with van der Waals surface area (Å²) in [5.74, 6) is 5.40. The molecule has 4 bridgehead atoms. The Morgan fingerprint density at radius 2 is 1.48 bits per heavy atom. The highest BCUT2D eigenvalue weighted by Gasteiger charge is 2.51. The summed E-state index contributed by atoms with van der Waals surface area (Å²) in [6.07, 6.45) is 8.04. The highest BCUT2D eigenvalue weighted by molar-refractivity contribution is 5.45. The van der Waals surface area contributed by atoms with E-state index in [0.717, 1.165) is 29.1 Å². The third kappa shape index (κ3) is 4.55. The van der Waals surface area contributed by atoms with E-state index >= 15 is 0 Å². The average Bonchev–Trinajstić information content (AvgIpc) is 2.70. The molecule has 1 aromatic carbocycles. The van der Waals surface area contributed by atoms with Crippen molar-refractivity contribution in [3.05, 3.63) is 29.8 Å². The third-order valence-electron chi connectivity index (χ3n) is 7.08. The Kier molecular flexibility index (Phi) is 5.36. The SMILES string of the molecule is COc1ccc(CNc2nc(NC(C)C)nc(NC34CC5CC(CC(C5)C3)C4)n2)cc1. The van der Waals surface area contributed by atoms with Gasteiger partial charge < -0.3 is 20.7 Å². The van der Waals surface area contributed by atoms with Crippen LogP contribution in [0, 0.1) is 17.8 Å². The standard InChI is InChI=1S/C24H34N6O/c1-15(2)26-22-27-21(25-14-16-4-6-20(31-3)7-5-16)28-23(29-22)30-24-11-17-8-18(12-24)10-19(9-17)13-24/h4-7,15,17-19H,8-14H2,1-3H3,(H3,25,26,27,28,29,30). The molecular formula is C24H34N6O. The summed E-state index contributed by atoms with van der Waals surface area (Å²) >= 11 is 0. The van der Waals surface area contributed by atoms with Crippen LogP contribution in [0.25, 0.3) is 0 Å². The average molecular weight is 423 g/mol.